The lowest BCUT2D eigenvalue weighted by Gasteiger charge is -2.39. The Morgan fingerprint density at radius 3 is 2.91 bits per heavy atom. The molecule has 0 spiro atoms. The monoisotopic (exact) mass is 472 g/mol. The molecule has 3 atom stereocenters. The van der Waals surface area contributed by atoms with Crippen LogP contribution in [0.25, 0.3) is 10.9 Å². The highest BCUT2D eigenvalue weighted by atomic mass is 16.5. The van der Waals surface area contributed by atoms with Crippen LogP contribution in [0.1, 0.15) is 30.3 Å². The van der Waals surface area contributed by atoms with Crippen LogP contribution in [0.2, 0.25) is 0 Å². The van der Waals surface area contributed by atoms with E-state index in [1.807, 2.05) is 37.3 Å². The van der Waals surface area contributed by atoms with E-state index in [1.54, 1.807) is 6.20 Å². The van der Waals surface area contributed by atoms with Crippen molar-refractivity contribution >= 4 is 22.3 Å². The fraction of sp³-hybridized carbons (Fsp3) is 0.444. The van der Waals surface area contributed by atoms with Gasteiger partial charge in [0.1, 0.15) is 6.07 Å². The minimum atomic E-state index is -0.0392. The van der Waals surface area contributed by atoms with Gasteiger partial charge in [0.2, 0.25) is 0 Å². The molecule has 8 nitrogen and oxygen atoms in total. The van der Waals surface area contributed by atoms with Gasteiger partial charge in [0.15, 0.2) is 0 Å². The lowest BCUT2D eigenvalue weighted by molar-refractivity contribution is -0.0155. The molecule has 1 aromatic carbocycles. The summed E-state index contributed by atoms with van der Waals surface area (Å²) in [4.78, 5) is 13.6. The summed E-state index contributed by atoms with van der Waals surface area (Å²) >= 11 is 0. The van der Waals surface area contributed by atoms with Crippen LogP contribution in [0.3, 0.4) is 0 Å². The molecule has 0 bridgehead atoms. The van der Waals surface area contributed by atoms with Crippen molar-refractivity contribution < 1.29 is 9.84 Å². The number of rotatable bonds is 6. The van der Waals surface area contributed by atoms with Crippen LogP contribution in [0.4, 0.5) is 11.4 Å². The first-order valence-electron chi connectivity index (χ1n) is 12.3. The van der Waals surface area contributed by atoms with Gasteiger partial charge in [-0.15, -0.1) is 0 Å². The first-order valence-corrected chi connectivity index (χ1v) is 12.3. The lowest BCUT2D eigenvalue weighted by atomic mass is 10.1. The highest BCUT2D eigenvalue weighted by Gasteiger charge is 2.29. The molecule has 0 saturated carbocycles. The molecule has 4 heterocycles. The van der Waals surface area contributed by atoms with Gasteiger partial charge in [-0.1, -0.05) is 0 Å². The Hall–Kier alpha value is -3.25. The van der Waals surface area contributed by atoms with Crippen molar-refractivity contribution in [2.24, 2.45) is 0 Å². The second kappa shape index (κ2) is 10.2. The lowest BCUT2D eigenvalue weighted by Crippen LogP contribution is -2.51. The first kappa shape index (κ1) is 23.5. The average molecular weight is 473 g/mol. The number of aliphatic hydroxyl groups excluding tert-OH is 1. The summed E-state index contributed by atoms with van der Waals surface area (Å²) in [7, 11) is 0. The Kier molecular flexibility index (Phi) is 6.82. The van der Waals surface area contributed by atoms with Gasteiger partial charge in [-0.3, -0.25) is 9.97 Å². The van der Waals surface area contributed by atoms with Crippen LogP contribution in [-0.2, 0) is 11.3 Å². The van der Waals surface area contributed by atoms with Crippen molar-refractivity contribution in [2.45, 2.75) is 45.1 Å². The summed E-state index contributed by atoms with van der Waals surface area (Å²) in [5.74, 6) is 0. The maximum Gasteiger partial charge on any atom is 0.101 e. The molecular formula is C27H32N6O2. The number of nitrogens with zero attached hydrogens (tertiary/aromatic N) is 5. The highest BCUT2D eigenvalue weighted by molar-refractivity contribution is 5.95. The van der Waals surface area contributed by atoms with Gasteiger partial charge in [-0.05, 0) is 56.7 Å². The number of aliphatic hydroxyl groups is 1. The Bertz CT molecular complexity index is 1240. The van der Waals surface area contributed by atoms with E-state index in [9.17, 15) is 10.4 Å². The summed E-state index contributed by atoms with van der Waals surface area (Å²) < 4.78 is 6.29. The second-order valence-corrected chi connectivity index (χ2v) is 9.57. The van der Waals surface area contributed by atoms with E-state index in [0.29, 0.717) is 17.3 Å². The minimum absolute atomic E-state index is 0.0392. The van der Waals surface area contributed by atoms with Crippen LogP contribution in [0.15, 0.2) is 42.6 Å². The Morgan fingerprint density at radius 1 is 1.20 bits per heavy atom. The number of aromatic nitrogens is 2. The maximum absolute atomic E-state index is 9.49. The zero-order valence-electron chi connectivity index (χ0n) is 20.3. The molecule has 2 N–H and O–H groups in total. The molecular weight excluding hydrogens is 440 g/mol. The van der Waals surface area contributed by atoms with Crippen LogP contribution in [0.5, 0.6) is 0 Å². The topological polar surface area (TPSA) is 97.5 Å². The highest BCUT2D eigenvalue weighted by Crippen LogP contribution is 2.30. The van der Waals surface area contributed by atoms with E-state index in [0.717, 1.165) is 67.1 Å². The van der Waals surface area contributed by atoms with E-state index >= 15 is 0 Å². The fourth-order valence-corrected chi connectivity index (χ4v) is 5.32. The molecule has 3 unspecified atom stereocenters. The van der Waals surface area contributed by atoms with E-state index in [4.69, 9.17) is 4.74 Å². The Balaban J connectivity index is 1.24. The van der Waals surface area contributed by atoms with Crippen LogP contribution >= 0.6 is 0 Å². The van der Waals surface area contributed by atoms with Crippen molar-refractivity contribution in [3.63, 3.8) is 0 Å². The molecule has 2 aliphatic rings. The third-order valence-corrected chi connectivity index (χ3v) is 6.87. The van der Waals surface area contributed by atoms with Gasteiger partial charge in [0.05, 0.1) is 35.6 Å². The number of nitriles is 1. The van der Waals surface area contributed by atoms with Gasteiger partial charge in [0, 0.05) is 67.4 Å². The molecule has 35 heavy (non-hydrogen) atoms. The Morgan fingerprint density at radius 2 is 2.09 bits per heavy atom. The molecule has 0 aliphatic carbocycles. The van der Waals surface area contributed by atoms with Gasteiger partial charge in [0.25, 0.3) is 0 Å². The smallest absolute Gasteiger partial charge is 0.101 e. The van der Waals surface area contributed by atoms with Crippen LogP contribution in [0, 0.1) is 18.3 Å². The normalized spacial score (nSPS) is 22.5. The third-order valence-electron chi connectivity index (χ3n) is 6.87. The number of aryl methyl sites for hydroxylation is 1. The number of pyridine rings is 2. The van der Waals surface area contributed by atoms with Crippen LogP contribution < -0.4 is 15.1 Å². The molecule has 182 valence electrons. The predicted molar refractivity (Wildman–Crippen MR) is 137 cm³/mol. The molecule has 5 rings (SSSR count). The van der Waals surface area contributed by atoms with E-state index in [2.05, 4.69) is 44.1 Å². The van der Waals surface area contributed by atoms with Gasteiger partial charge < -0.3 is 25.0 Å². The van der Waals surface area contributed by atoms with Crippen molar-refractivity contribution in [3.8, 4) is 6.07 Å². The SMILES string of the molecule is Cc1cc(N2CCC(NCC3CN(c4ccc(C#N)c5ncccc45)CC(C)O3)C2)cc(CO)n1. The molecule has 0 radical (unpaired) electrons. The minimum Gasteiger partial charge on any atom is -0.390 e. The van der Waals surface area contributed by atoms with E-state index in [1.165, 1.54) is 0 Å². The van der Waals surface area contributed by atoms with Gasteiger partial charge >= 0.3 is 0 Å². The largest absolute Gasteiger partial charge is 0.390 e. The number of anilines is 2. The zero-order chi connectivity index (χ0) is 24.4. The summed E-state index contributed by atoms with van der Waals surface area (Å²) in [5.41, 5.74) is 5.23. The summed E-state index contributed by atoms with van der Waals surface area (Å²) in [6.07, 6.45) is 2.98. The molecule has 3 aromatic rings. The number of hydrogen-bond acceptors (Lipinski definition) is 8. The van der Waals surface area contributed by atoms with E-state index < -0.39 is 0 Å². The van der Waals surface area contributed by atoms with Crippen molar-refractivity contribution in [1.29, 1.82) is 5.26 Å². The van der Waals surface area contributed by atoms with Crippen molar-refractivity contribution in [1.82, 2.24) is 15.3 Å². The average Bonchev–Trinajstić information content (AvgIpc) is 3.35. The van der Waals surface area contributed by atoms with Crippen LogP contribution in [-0.4, -0.2) is 66.0 Å². The summed E-state index contributed by atoms with van der Waals surface area (Å²) in [6, 6.07) is 14.6. The number of fused-ring (bicyclic) bond motifs is 1. The van der Waals surface area contributed by atoms with Gasteiger partial charge in [-0.2, -0.15) is 5.26 Å². The number of hydrogen-bond donors (Lipinski definition) is 2. The number of benzene rings is 1. The van der Waals surface area contributed by atoms with E-state index in [-0.39, 0.29) is 18.8 Å². The quantitative estimate of drug-likeness (QED) is 0.565. The number of nitrogens with one attached hydrogen (secondary N) is 1. The van der Waals surface area contributed by atoms with Gasteiger partial charge in [-0.25, -0.2) is 0 Å². The first-order chi connectivity index (χ1) is 17.0. The molecule has 2 aliphatic heterocycles. The zero-order valence-corrected chi connectivity index (χ0v) is 20.3. The molecule has 2 saturated heterocycles. The molecule has 0 amide bonds. The Labute approximate surface area is 206 Å². The molecule has 8 heteroatoms. The van der Waals surface area contributed by atoms with Crippen molar-refractivity contribution in [3.05, 3.63) is 59.5 Å². The number of morpholine rings is 1. The number of ether oxygens (including phenoxy) is 1. The van der Waals surface area contributed by atoms with Crippen molar-refractivity contribution in [2.75, 3.05) is 42.5 Å². The predicted octanol–water partition coefficient (Wildman–Crippen LogP) is 2.76. The standard InChI is InChI=1S/C27H32N6O2/c1-18-10-23(11-22(17-34)31-18)32-9-7-21(15-32)30-13-24-16-33(14-19(2)35-24)26-6-5-20(12-28)27-25(26)4-3-8-29-27/h3-6,8,10-11,19,21,24,30,34H,7,9,13-17H2,1-2H3. The molecule has 2 aromatic heterocycles. The molecule has 2 fully saturated rings. The maximum atomic E-state index is 9.49. The summed E-state index contributed by atoms with van der Waals surface area (Å²) in [5, 5.41) is 23.7. The second-order valence-electron chi connectivity index (χ2n) is 9.57. The third kappa shape index (κ3) is 5.08. The fourth-order valence-electron chi connectivity index (χ4n) is 5.32. The summed E-state index contributed by atoms with van der Waals surface area (Å²) in [6.45, 7) is 8.31.